The number of nitro benzene ring substituents is 1. The lowest BCUT2D eigenvalue weighted by atomic mass is 10.2. The van der Waals surface area contributed by atoms with E-state index in [1.165, 1.54) is 35.1 Å². The monoisotopic (exact) mass is 361 g/mol. The minimum Gasteiger partial charge on any atom is -0.299 e. The number of aryl methyl sites for hydroxylation is 1. The van der Waals surface area contributed by atoms with Crippen LogP contribution in [0, 0.1) is 10.1 Å². The van der Waals surface area contributed by atoms with E-state index in [9.17, 15) is 14.9 Å². The van der Waals surface area contributed by atoms with E-state index in [4.69, 9.17) is 12.2 Å². The second-order valence-corrected chi connectivity index (χ2v) is 5.25. The average Bonchev–Trinajstić information content (AvgIpc) is 3.00. The average molecular weight is 361 g/mol. The highest BCUT2D eigenvalue weighted by Gasteiger charge is 2.07. The molecular weight excluding hydrogens is 346 g/mol. The van der Waals surface area contributed by atoms with Crippen LogP contribution in [0.2, 0.25) is 0 Å². The number of tetrazole rings is 1. The third-order valence-corrected chi connectivity index (χ3v) is 3.05. The number of amides is 1. The molecule has 0 unspecified atom stereocenters. The van der Waals surface area contributed by atoms with Crippen molar-refractivity contribution in [1.82, 2.24) is 25.5 Å². The number of rotatable bonds is 6. The molecule has 25 heavy (non-hydrogen) atoms. The van der Waals surface area contributed by atoms with Gasteiger partial charge in [0, 0.05) is 18.2 Å². The SMILES string of the molecule is CCCn1nnc(NC(=S)NC(=O)/C=C/c2cccc([N+](=O)[O-])c2)n1. The fourth-order valence-corrected chi connectivity index (χ4v) is 1.98. The van der Waals surface area contributed by atoms with Crippen molar-refractivity contribution in [1.29, 1.82) is 0 Å². The van der Waals surface area contributed by atoms with E-state index in [2.05, 4.69) is 26.0 Å². The summed E-state index contributed by atoms with van der Waals surface area (Å²) in [5.74, 6) is -0.314. The van der Waals surface area contributed by atoms with E-state index in [-0.39, 0.29) is 16.7 Å². The van der Waals surface area contributed by atoms with Gasteiger partial charge in [0.2, 0.25) is 5.91 Å². The highest BCUT2D eigenvalue weighted by Crippen LogP contribution is 2.13. The van der Waals surface area contributed by atoms with Crippen molar-refractivity contribution in [3.05, 3.63) is 46.0 Å². The van der Waals surface area contributed by atoms with E-state index in [1.807, 2.05) is 6.92 Å². The Morgan fingerprint density at radius 3 is 3.00 bits per heavy atom. The summed E-state index contributed by atoms with van der Waals surface area (Å²) < 4.78 is 0. The molecule has 0 atom stereocenters. The van der Waals surface area contributed by atoms with E-state index in [0.29, 0.717) is 12.1 Å². The summed E-state index contributed by atoms with van der Waals surface area (Å²) >= 11 is 4.99. The van der Waals surface area contributed by atoms with Crippen molar-refractivity contribution in [2.75, 3.05) is 5.32 Å². The van der Waals surface area contributed by atoms with Crippen LogP contribution in [0.15, 0.2) is 30.3 Å². The molecule has 0 fully saturated rings. The first-order valence-corrected chi connectivity index (χ1v) is 7.71. The molecule has 0 aliphatic carbocycles. The van der Waals surface area contributed by atoms with E-state index < -0.39 is 10.8 Å². The molecule has 10 nitrogen and oxygen atoms in total. The summed E-state index contributed by atoms with van der Waals surface area (Å²) in [6, 6.07) is 5.90. The number of hydrogen-bond acceptors (Lipinski definition) is 7. The molecule has 1 heterocycles. The Morgan fingerprint density at radius 1 is 1.48 bits per heavy atom. The van der Waals surface area contributed by atoms with Crippen molar-refractivity contribution in [2.24, 2.45) is 0 Å². The first kappa shape index (κ1) is 18.1. The van der Waals surface area contributed by atoms with E-state index >= 15 is 0 Å². The maximum Gasteiger partial charge on any atom is 0.270 e. The third kappa shape index (κ3) is 5.73. The first-order valence-electron chi connectivity index (χ1n) is 7.30. The minimum atomic E-state index is -0.505. The Labute approximate surface area is 148 Å². The molecule has 0 radical (unpaired) electrons. The third-order valence-electron chi connectivity index (χ3n) is 2.85. The van der Waals surface area contributed by atoms with E-state index in [0.717, 1.165) is 6.42 Å². The topological polar surface area (TPSA) is 128 Å². The molecule has 1 aromatic heterocycles. The fraction of sp³-hybridized carbons (Fsp3) is 0.214. The number of nitro groups is 1. The van der Waals surface area contributed by atoms with Gasteiger partial charge in [-0.05, 0) is 35.5 Å². The molecule has 130 valence electrons. The van der Waals surface area contributed by atoms with Crippen LogP contribution in [0.25, 0.3) is 6.08 Å². The smallest absolute Gasteiger partial charge is 0.270 e. The Kier molecular flexibility index (Phi) is 6.23. The molecule has 0 saturated carbocycles. The van der Waals surface area contributed by atoms with Gasteiger partial charge in [-0.25, -0.2) is 0 Å². The number of carbonyl (C=O) groups is 1. The largest absolute Gasteiger partial charge is 0.299 e. The molecule has 2 aromatic rings. The minimum absolute atomic E-state index is 0.0183. The highest BCUT2D eigenvalue weighted by atomic mass is 32.1. The maximum atomic E-state index is 11.8. The molecule has 0 bridgehead atoms. The molecule has 1 aromatic carbocycles. The van der Waals surface area contributed by atoms with Gasteiger partial charge in [-0.1, -0.05) is 24.2 Å². The Morgan fingerprint density at radius 2 is 2.28 bits per heavy atom. The van der Waals surface area contributed by atoms with Gasteiger partial charge in [0.15, 0.2) is 5.11 Å². The molecule has 2 rings (SSSR count). The number of hydrogen-bond donors (Lipinski definition) is 2. The zero-order valence-electron chi connectivity index (χ0n) is 13.2. The number of aromatic nitrogens is 4. The van der Waals surface area contributed by atoms with Crippen LogP contribution in [0.3, 0.4) is 0 Å². The normalized spacial score (nSPS) is 10.6. The number of carbonyl (C=O) groups excluding carboxylic acids is 1. The molecular formula is C14H15N7O3S. The van der Waals surface area contributed by atoms with Crippen LogP contribution in [-0.4, -0.2) is 36.2 Å². The van der Waals surface area contributed by atoms with Gasteiger partial charge in [0.05, 0.1) is 11.5 Å². The summed E-state index contributed by atoms with van der Waals surface area (Å²) in [5.41, 5.74) is 0.466. The van der Waals surface area contributed by atoms with Crippen LogP contribution in [-0.2, 0) is 11.3 Å². The Balaban J connectivity index is 1.89. The van der Waals surface area contributed by atoms with Crippen LogP contribution < -0.4 is 10.6 Å². The number of anilines is 1. The van der Waals surface area contributed by atoms with E-state index in [1.54, 1.807) is 6.07 Å². The summed E-state index contributed by atoms with van der Waals surface area (Å²) in [7, 11) is 0. The second kappa shape index (κ2) is 8.59. The number of benzene rings is 1. The molecule has 0 aliphatic heterocycles. The number of nitrogens with zero attached hydrogens (tertiary/aromatic N) is 5. The Bertz CT molecular complexity index is 818. The quantitative estimate of drug-likeness (QED) is 0.343. The number of nitrogens with one attached hydrogen (secondary N) is 2. The zero-order valence-corrected chi connectivity index (χ0v) is 14.1. The molecule has 1 amide bonds. The first-order chi connectivity index (χ1) is 12.0. The zero-order chi connectivity index (χ0) is 18.2. The van der Waals surface area contributed by atoms with Gasteiger partial charge in [0.25, 0.3) is 11.6 Å². The summed E-state index contributed by atoms with van der Waals surface area (Å²) in [5, 5.41) is 27.4. The van der Waals surface area contributed by atoms with Gasteiger partial charge in [-0.3, -0.25) is 25.5 Å². The standard InChI is InChI=1S/C14H15N7O3S/c1-2-8-20-18-13(17-19-20)16-14(25)15-12(22)7-6-10-4-3-5-11(9-10)21(23)24/h3-7,9H,2,8H2,1H3,(H2,15,16,18,22,25)/b7-6+. The lowest BCUT2D eigenvalue weighted by Crippen LogP contribution is -2.33. The van der Waals surface area contributed by atoms with Crippen molar-refractivity contribution < 1.29 is 9.72 Å². The molecule has 0 aliphatic rings. The lowest BCUT2D eigenvalue weighted by Gasteiger charge is -2.03. The van der Waals surface area contributed by atoms with Gasteiger partial charge in [-0.15, -0.1) is 5.10 Å². The summed E-state index contributed by atoms with van der Waals surface area (Å²) in [6.07, 6.45) is 3.52. The van der Waals surface area contributed by atoms with Gasteiger partial charge in [0.1, 0.15) is 0 Å². The van der Waals surface area contributed by atoms with Gasteiger partial charge < -0.3 is 0 Å². The lowest BCUT2D eigenvalue weighted by molar-refractivity contribution is -0.384. The van der Waals surface area contributed by atoms with Crippen molar-refractivity contribution in [3.63, 3.8) is 0 Å². The number of thiocarbonyl (C=S) groups is 1. The highest BCUT2D eigenvalue weighted by molar-refractivity contribution is 7.80. The van der Waals surface area contributed by atoms with Crippen LogP contribution in [0.4, 0.5) is 11.6 Å². The molecule has 11 heteroatoms. The van der Waals surface area contributed by atoms with Crippen LogP contribution in [0.5, 0.6) is 0 Å². The Hall–Kier alpha value is -3.21. The van der Waals surface area contributed by atoms with Crippen molar-refractivity contribution >= 4 is 40.9 Å². The predicted molar refractivity (Wildman–Crippen MR) is 94.6 cm³/mol. The fourth-order valence-electron chi connectivity index (χ4n) is 1.79. The summed E-state index contributed by atoms with van der Waals surface area (Å²) in [4.78, 5) is 23.4. The van der Waals surface area contributed by atoms with Crippen molar-refractivity contribution in [2.45, 2.75) is 19.9 Å². The maximum absolute atomic E-state index is 11.8. The van der Waals surface area contributed by atoms with Gasteiger partial charge in [-0.2, -0.15) is 4.80 Å². The van der Waals surface area contributed by atoms with Gasteiger partial charge >= 0.3 is 0 Å². The van der Waals surface area contributed by atoms with Crippen molar-refractivity contribution in [3.8, 4) is 0 Å². The van der Waals surface area contributed by atoms with Crippen LogP contribution >= 0.6 is 12.2 Å². The molecule has 0 saturated heterocycles. The second-order valence-electron chi connectivity index (χ2n) is 4.84. The predicted octanol–water partition coefficient (Wildman–Crippen LogP) is 1.52. The molecule has 0 spiro atoms. The molecule has 2 N–H and O–H groups in total. The van der Waals surface area contributed by atoms with Crippen LogP contribution in [0.1, 0.15) is 18.9 Å². The number of non-ortho nitro benzene ring substituents is 1. The summed E-state index contributed by atoms with van der Waals surface area (Å²) in [6.45, 7) is 2.61.